The summed E-state index contributed by atoms with van der Waals surface area (Å²) in [5, 5.41) is 4.13. The lowest BCUT2D eigenvalue weighted by atomic mass is 10.1. The van der Waals surface area contributed by atoms with Crippen LogP contribution in [-0.4, -0.2) is 15.6 Å². The predicted octanol–water partition coefficient (Wildman–Crippen LogP) is 2.22. The van der Waals surface area contributed by atoms with Gasteiger partial charge in [-0.25, -0.2) is 0 Å². The van der Waals surface area contributed by atoms with Crippen LogP contribution < -0.4 is 0 Å². The van der Waals surface area contributed by atoms with Crippen molar-refractivity contribution in [1.29, 1.82) is 0 Å². The van der Waals surface area contributed by atoms with E-state index in [9.17, 15) is 4.79 Å². The van der Waals surface area contributed by atoms with Gasteiger partial charge < -0.3 is 0 Å². The molecule has 0 radical (unpaired) electrons. The number of aromatic nitrogens is 2. The molecule has 0 bridgehead atoms. The number of benzene rings is 1. The van der Waals surface area contributed by atoms with Crippen molar-refractivity contribution < 1.29 is 4.79 Å². The van der Waals surface area contributed by atoms with Crippen molar-refractivity contribution in [1.82, 2.24) is 9.78 Å². The lowest BCUT2D eigenvalue weighted by Crippen LogP contribution is -1.97. The van der Waals surface area contributed by atoms with Crippen LogP contribution in [0.2, 0.25) is 0 Å². The van der Waals surface area contributed by atoms with Gasteiger partial charge in [0.2, 0.25) is 0 Å². The highest BCUT2D eigenvalue weighted by Crippen LogP contribution is 2.18. The lowest BCUT2D eigenvalue weighted by Gasteiger charge is -2.03. The van der Waals surface area contributed by atoms with Gasteiger partial charge in [-0.1, -0.05) is 24.3 Å². The highest BCUT2D eigenvalue weighted by molar-refractivity contribution is 5.78. The Bertz CT molecular complexity index is 497. The summed E-state index contributed by atoms with van der Waals surface area (Å²) in [5.74, 6) is 0.188. The van der Waals surface area contributed by atoms with Gasteiger partial charge in [0.25, 0.3) is 0 Å². The molecule has 1 aromatic carbocycles. The molecular weight excluding hydrogens is 200 g/mol. The van der Waals surface area contributed by atoms with Gasteiger partial charge in [-0.2, -0.15) is 5.10 Å². The van der Waals surface area contributed by atoms with Gasteiger partial charge in [-0.15, -0.1) is 0 Å². The third kappa shape index (κ3) is 2.19. The Balaban J connectivity index is 2.26. The van der Waals surface area contributed by atoms with Crippen LogP contribution in [0.1, 0.15) is 12.5 Å². The second-order valence-electron chi connectivity index (χ2n) is 3.92. The third-order valence-electron chi connectivity index (χ3n) is 2.52. The van der Waals surface area contributed by atoms with Crippen LogP contribution in [0.15, 0.2) is 36.5 Å². The van der Waals surface area contributed by atoms with Gasteiger partial charge >= 0.3 is 0 Å². The molecule has 2 aromatic rings. The molecule has 0 aliphatic carbocycles. The standard InChI is InChI=1S/C13H14N2O/c1-10(16)9-11-3-5-12(6-4-11)13-7-8-14-15(13)2/h3-8H,9H2,1-2H3. The molecule has 0 spiro atoms. The molecule has 16 heavy (non-hydrogen) atoms. The molecule has 82 valence electrons. The molecule has 0 fully saturated rings. The Morgan fingerprint density at radius 3 is 2.44 bits per heavy atom. The van der Waals surface area contributed by atoms with E-state index in [2.05, 4.69) is 5.10 Å². The number of aryl methyl sites for hydroxylation is 1. The largest absolute Gasteiger partial charge is 0.300 e. The number of hydrogen-bond donors (Lipinski definition) is 0. The zero-order chi connectivity index (χ0) is 11.5. The van der Waals surface area contributed by atoms with Gasteiger partial charge in [-0.05, 0) is 24.1 Å². The second kappa shape index (κ2) is 4.31. The molecule has 1 heterocycles. The molecule has 3 nitrogen and oxygen atoms in total. The van der Waals surface area contributed by atoms with Crippen molar-refractivity contribution in [2.75, 3.05) is 0 Å². The molecule has 0 saturated heterocycles. The zero-order valence-electron chi connectivity index (χ0n) is 9.47. The number of hydrogen-bond acceptors (Lipinski definition) is 2. The molecule has 1 aromatic heterocycles. The number of ketones is 1. The fourth-order valence-electron chi connectivity index (χ4n) is 1.74. The molecule has 0 aliphatic rings. The minimum Gasteiger partial charge on any atom is -0.300 e. The first-order chi connectivity index (χ1) is 7.66. The number of nitrogens with zero attached hydrogens (tertiary/aromatic N) is 2. The maximum atomic E-state index is 11.0. The normalized spacial score (nSPS) is 10.4. The molecule has 0 N–H and O–H groups in total. The van der Waals surface area contributed by atoms with Gasteiger partial charge in [0.1, 0.15) is 5.78 Å². The molecule has 0 saturated carbocycles. The van der Waals surface area contributed by atoms with E-state index in [4.69, 9.17) is 0 Å². The van der Waals surface area contributed by atoms with Crippen molar-refractivity contribution in [3.63, 3.8) is 0 Å². The summed E-state index contributed by atoms with van der Waals surface area (Å²) in [4.78, 5) is 11.0. The zero-order valence-corrected chi connectivity index (χ0v) is 9.47. The summed E-state index contributed by atoms with van der Waals surface area (Å²) in [7, 11) is 1.92. The number of rotatable bonds is 3. The van der Waals surface area contributed by atoms with E-state index >= 15 is 0 Å². The van der Waals surface area contributed by atoms with Crippen molar-refractivity contribution >= 4 is 5.78 Å². The summed E-state index contributed by atoms with van der Waals surface area (Å²) in [6.07, 6.45) is 2.28. The van der Waals surface area contributed by atoms with Crippen molar-refractivity contribution in [2.45, 2.75) is 13.3 Å². The van der Waals surface area contributed by atoms with Crippen molar-refractivity contribution in [2.24, 2.45) is 7.05 Å². The van der Waals surface area contributed by atoms with E-state index in [0.29, 0.717) is 6.42 Å². The van der Waals surface area contributed by atoms with Crippen LogP contribution >= 0.6 is 0 Å². The fraction of sp³-hybridized carbons (Fsp3) is 0.231. The summed E-state index contributed by atoms with van der Waals surface area (Å²) >= 11 is 0. The average Bonchev–Trinajstić information content (AvgIpc) is 2.65. The lowest BCUT2D eigenvalue weighted by molar-refractivity contribution is -0.116. The monoisotopic (exact) mass is 214 g/mol. The van der Waals surface area contributed by atoms with E-state index < -0.39 is 0 Å². The van der Waals surface area contributed by atoms with E-state index in [0.717, 1.165) is 16.8 Å². The summed E-state index contributed by atoms with van der Waals surface area (Å²) < 4.78 is 1.83. The third-order valence-corrected chi connectivity index (χ3v) is 2.52. The molecule has 2 rings (SSSR count). The minimum absolute atomic E-state index is 0.188. The first kappa shape index (κ1) is 10.6. The van der Waals surface area contributed by atoms with E-state index in [1.807, 2.05) is 42.1 Å². The van der Waals surface area contributed by atoms with Crippen LogP contribution in [0, 0.1) is 0 Å². The quantitative estimate of drug-likeness (QED) is 0.785. The fourth-order valence-corrected chi connectivity index (χ4v) is 1.74. The molecule has 0 unspecified atom stereocenters. The Kier molecular flexibility index (Phi) is 2.86. The summed E-state index contributed by atoms with van der Waals surface area (Å²) in [6, 6.07) is 10.00. The van der Waals surface area contributed by atoms with Crippen LogP contribution in [0.5, 0.6) is 0 Å². The Hall–Kier alpha value is -1.90. The van der Waals surface area contributed by atoms with E-state index in [-0.39, 0.29) is 5.78 Å². The first-order valence-electron chi connectivity index (χ1n) is 5.23. The van der Waals surface area contributed by atoms with Gasteiger partial charge in [-0.3, -0.25) is 9.48 Å². The maximum Gasteiger partial charge on any atom is 0.134 e. The second-order valence-corrected chi connectivity index (χ2v) is 3.92. The molecule has 0 amide bonds. The van der Waals surface area contributed by atoms with Crippen LogP contribution in [0.25, 0.3) is 11.3 Å². The van der Waals surface area contributed by atoms with Gasteiger partial charge in [0.05, 0.1) is 5.69 Å². The van der Waals surface area contributed by atoms with Gasteiger partial charge in [0, 0.05) is 19.7 Å². The number of carbonyl (C=O) groups excluding carboxylic acids is 1. The van der Waals surface area contributed by atoms with E-state index in [1.54, 1.807) is 13.1 Å². The Morgan fingerprint density at radius 1 is 1.25 bits per heavy atom. The molecule has 0 aliphatic heterocycles. The maximum absolute atomic E-state index is 11.0. The molecular formula is C13H14N2O. The Labute approximate surface area is 94.7 Å². The summed E-state index contributed by atoms with van der Waals surface area (Å²) in [5.41, 5.74) is 3.25. The highest BCUT2D eigenvalue weighted by Gasteiger charge is 2.03. The van der Waals surface area contributed by atoms with Crippen molar-refractivity contribution in [3.8, 4) is 11.3 Å². The number of Topliss-reactive ketones (excluding diaryl/α,β-unsaturated/α-hetero) is 1. The minimum atomic E-state index is 0.188. The molecule has 3 heteroatoms. The summed E-state index contributed by atoms with van der Waals surface area (Å²) in [6.45, 7) is 1.61. The predicted molar refractivity (Wildman–Crippen MR) is 63.0 cm³/mol. The van der Waals surface area contributed by atoms with Crippen LogP contribution in [0.4, 0.5) is 0 Å². The van der Waals surface area contributed by atoms with Crippen LogP contribution in [0.3, 0.4) is 0 Å². The highest BCUT2D eigenvalue weighted by atomic mass is 16.1. The first-order valence-corrected chi connectivity index (χ1v) is 5.23. The number of carbonyl (C=O) groups is 1. The average molecular weight is 214 g/mol. The van der Waals surface area contributed by atoms with Crippen LogP contribution in [-0.2, 0) is 18.3 Å². The smallest absolute Gasteiger partial charge is 0.134 e. The SMILES string of the molecule is CC(=O)Cc1ccc(-c2ccnn2C)cc1. The van der Waals surface area contributed by atoms with E-state index in [1.165, 1.54) is 0 Å². The van der Waals surface area contributed by atoms with Crippen molar-refractivity contribution in [3.05, 3.63) is 42.1 Å². The molecule has 0 atom stereocenters. The van der Waals surface area contributed by atoms with Gasteiger partial charge in [0.15, 0.2) is 0 Å². The Morgan fingerprint density at radius 2 is 1.94 bits per heavy atom. The topological polar surface area (TPSA) is 34.9 Å².